The predicted molar refractivity (Wildman–Crippen MR) is 204 cm³/mol. The van der Waals surface area contributed by atoms with Crippen LogP contribution >= 0.6 is 0 Å². The Morgan fingerprint density at radius 3 is 2.47 bits per heavy atom. The van der Waals surface area contributed by atoms with Crippen molar-refractivity contribution in [2.75, 3.05) is 19.6 Å². The summed E-state index contributed by atoms with van der Waals surface area (Å²) in [5.41, 5.74) is 5.94. The van der Waals surface area contributed by atoms with Gasteiger partial charge in [-0.3, -0.25) is 28.8 Å². The van der Waals surface area contributed by atoms with E-state index < -0.39 is 68.8 Å². The van der Waals surface area contributed by atoms with Gasteiger partial charge in [0.05, 0.1) is 18.3 Å². The first-order valence-corrected chi connectivity index (χ1v) is 19.8. The molecule has 4 atom stereocenters. The van der Waals surface area contributed by atoms with Crippen LogP contribution in [0.3, 0.4) is 0 Å². The third kappa shape index (κ3) is 12.2. The lowest BCUT2D eigenvalue weighted by atomic mass is 10.1. The molecule has 2 heterocycles. The van der Waals surface area contributed by atoms with Crippen LogP contribution in [-0.4, -0.2) is 107 Å². The quantitative estimate of drug-likeness (QED) is 0.122. The Labute approximate surface area is 324 Å². The van der Waals surface area contributed by atoms with Gasteiger partial charge in [-0.2, -0.15) is 0 Å². The second-order valence-corrected chi connectivity index (χ2v) is 17.0. The molecule has 18 heteroatoms. The number of hydrogen-bond acceptors (Lipinski definition) is 9. The number of sulfonamides is 1. The third-order valence-electron chi connectivity index (χ3n) is 9.50. The molecule has 5 rings (SSSR count). The molecule has 0 spiro atoms. The van der Waals surface area contributed by atoms with E-state index in [2.05, 4.69) is 16.6 Å². The van der Waals surface area contributed by atoms with Gasteiger partial charge in [-0.15, -0.1) is 0 Å². The van der Waals surface area contributed by atoms with E-state index in [9.17, 15) is 41.6 Å². The molecule has 0 aromatic heterocycles. The van der Waals surface area contributed by atoms with Crippen LogP contribution in [0.5, 0.6) is 0 Å². The van der Waals surface area contributed by atoms with Crippen LogP contribution in [0.1, 0.15) is 81.1 Å². The smallest absolute Gasteiger partial charge is 0.408 e. The molecule has 1 saturated heterocycles. The number of allylic oxidation sites excluding steroid dienone is 2. The van der Waals surface area contributed by atoms with Crippen LogP contribution in [0.15, 0.2) is 43.0 Å². The summed E-state index contributed by atoms with van der Waals surface area (Å²) in [4.78, 5) is 77.4. The standard InChI is InChI=1S/C28H43N5O8S.C9H8FNO2.3H2/c1-5-23(34)32(14-8-6-7-10-18-16-20(18)25(36)31-42(39,40)19-12-13-19)17-21(30-27(38)41-28(2,3)4)26(37)33-15-9-11-22(33)24(29)35;10-8-3-1-2-6-4-11(9(12)13)5-7(6)8;;;/h5,7,10,18-22H,1,6,8-9,11-17H2,2-4H3,(H2,29,35)(H,30,38)(H,31,36);1-3H,4-5H2,(H,12,13);3*1H/b10-7-;;;;/t18-,20+,21+,22?;;;;/m1..../s1. The largest absolute Gasteiger partial charge is 0.465 e. The number of carboxylic acid groups (broad SMARTS) is 1. The van der Waals surface area contributed by atoms with Crippen molar-refractivity contribution in [2.45, 2.75) is 102 Å². The van der Waals surface area contributed by atoms with E-state index in [0.29, 0.717) is 63.6 Å². The second-order valence-electron chi connectivity index (χ2n) is 15.1. The van der Waals surface area contributed by atoms with Gasteiger partial charge in [0, 0.05) is 35.4 Å². The average molecular weight is 797 g/mol. The molecule has 3 fully saturated rings. The van der Waals surface area contributed by atoms with Gasteiger partial charge in [0.2, 0.25) is 33.7 Å². The number of hydrogen-bond donors (Lipinski definition) is 4. The van der Waals surface area contributed by atoms with Gasteiger partial charge in [0.25, 0.3) is 0 Å². The van der Waals surface area contributed by atoms with E-state index in [4.69, 9.17) is 15.6 Å². The molecule has 308 valence electrons. The predicted octanol–water partition coefficient (Wildman–Crippen LogP) is 3.51. The zero-order valence-electron chi connectivity index (χ0n) is 31.4. The highest BCUT2D eigenvalue weighted by Gasteiger charge is 2.45. The van der Waals surface area contributed by atoms with E-state index in [0.717, 1.165) is 11.6 Å². The number of primary amides is 1. The minimum absolute atomic E-state index is 0. The van der Waals surface area contributed by atoms with E-state index in [1.807, 2.05) is 12.2 Å². The summed E-state index contributed by atoms with van der Waals surface area (Å²) in [5.74, 6) is -2.80. The topological polar surface area (TPSA) is 226 Å². The lowest BCUT2D eigenvalue weighted by Gasteiger charge is -2.32. The highest BCUT2D eigenvalue weighted by molar-refractivity contribution is 7.90. The summed E-state index contributed by atoms with van der Waals surface area (Å²) in [5, 5.41) is 10.8. The summed E-state index contributed by atoms with van der Waals surface area (Å²) < 4.78 is 44.6. The highest BCUT2D eigenvalue weighted by Crippen LogP contribution is 2.40. The molecule has 6 amide bonds. The maximum atomic E-state index is 13.5. The van der Waals surface area contributed by atoms with Crippen molar-refractivity contribution >= 4 is 45.8 Å². The molecular weight excluding hydrogens is 740 g/mol. The van der Waals surface area contributed by atoms with Crippen LogP contribution in [0.25, 0.3) is 0 Å². The molecule has 0 bridgehead atoms. The van der Waals surface area contributed by atoms with Gasteiger partial charge in [-0.05, 0) is 89.3 Å². The molecule has 2 aliphatic heterocycles. The van der Waals surface area contributed by atoms with Gasteiger partial charge in [0.15, 0.2) is 0 Å². The van der Waals surface area contributed by atoms with Crippen LogP contribution in [0, 0.1) is 17.7 Å². The zero-order valence-corrected chi connectivity index (χ0v) is 32.2. The van der Waals surface area contributed by atoms with Crippen molar-refractivity contribution in [3.63, 3.8) is 0 Å². The number of carbonyl (C=O) groups is 6. The minimum atomic E-state index is -3.56. The number of halogens is 1. The molecule has 16 nitrogen and oxygen atoms in total. The number of benzene rings is 1. The van der Waals surface area contributed by atoms with Crippen molar-refractivity contribution in [3.8, 4) is 0 Å². The molecule has 5 N–H and O–H groups in total. The number of alkyl carbamates (subject to hydrolysis) is 1. The van der Waals surface area contributed by atoms with Crippen molar-refractivity contribution < 1.29 is 55.7 Å². The van der Waals surface area contributed by atoms with Gasteiger partial charge >= 0.3 is 12.2 Å². The monoisotopic (exact) mass is 796 g/mol. The third-order valence-corrected chi connectivity index (χ3v) is 11.3. The van der Waals surface area contributed by atoms with E-state index >= 15 is 0 Å². The summed E-state index contributed by atoms with van der Waals surface area (Å²) in [6.07, 6.45) is 6.85. The first-order valence-electron chi connectivity index (χ1n) is 18.3. The Morgan fingerprint density at radius 2 is 1.87 bits per heavy atom. The molecule has 4 aliphatic rings. The Bertz CT molecular complexity index is 1810. The molecule has 1 aromatic carbocycles. The summed E-state index contributed by atoms with van der Waals surface area (Å²) >= 11 is 0. The summed E-state index contributed by atoms with van der Waals surface area (Å²) in [7, 11) is -3.56. The van der Waals surface area contributed by atoms with Crippen molar-refractivity contribution in [1.82, 2.24) is 24.7 Å². The molecule has 0 radical (unpaired) electrons. The maximum absolute atomic E-state index is 13.5. The Balaban J connectivity index is 0.000000888. The van der Waals surface area contributed by atoms with Gasteiger partial charge in [-0.25, -0.2) is 22.4 Å². The first kappa shape index (κ1) is 42.7. The molecule has 1 unspecified atom stereocenters. The Morgan fingerprint density at radius 1 is 1.16 bits per heavy atom. The second kappa shape index (κ2) is 18.1. The number of amides is 6. The number of unbranched alkanes of at least 4 members (excludes halogenated alkanes) is 1. The van der Waals surface area contributed by atoms with Crippen LogP contribution in [-0.2, 0) is 47.0 Å². The molecule has 2 aliphatic carbocycles. The zero-order chi connectivity index (χ0) is 40.7. The number of rotatable bonds is 14. The minimum Gasteiger partial charge on any atom is -0.465 e. The van der Waals surface area contributed by atoms with Gasteiger partial charge < -0.3 is 30.7 Å². The normalized spacial score (nSPS) is 20.8. The number of ether oxygens (including phenoxy) is 1. The van der Waals surface area contributed by atoms with Crippen LogP contribution in [0.2, 0.25) is 0 Å². The average Bonchev–Trinajstić information content (AvgIpc) is 4.00. The van der Waals surface area contributed by atoms with Crippen molar-refractivity contribution in [1.29, 1.82) is 0 Å². The van der Waals surface area contributed by atoms with E-state index in [1.165, 1.54) is 20.8 Å². The van der Waals surface area contributed by atoms with E-state index in [1.54, 1.807) is 32.9 Å². The van der Waals surface area contributed by atoms with Crippen LogP contribution < -0.4 is 15.8 Å². The fourth-order valence-corrected chi connectivity index (χ4v) is 7.75. The summed E-state index contributed by atoms with van der Waals surface area (Å²) in [6, 6.07) is 2.72. The molecule has 55 heavy (non-hydrogen) atoms. The van der Waals surface area contributed by atoms with Crippen LogP contribution in [0.4, 0.5) is 14.0 Å². The fourth-order valence-electron chi connectivity index (χ4n) is 6.40. The number of likely N-dealkylation sites (tertiary alicyclic amines) is 1. The number of nitrogens with two attached hydrogens (primary N) is 1. The maximum Gasteiger partial charge on any atom is 0.408 e. The molecular formula is C37H57FN6O10S. The number of carbonyl (C=O) groups excluding carboxylic acids is 5. The lowest BCUT2D eigenvalue weighted by Crippen LogP contribution is -2.57. The highest BCUT2D eigenvalue weighted by atomic mass is 32.2. The van der Waals surface area contributed by atoms with Gasteiger partial charge in [-0.1, -0.05) is 30.9 Å². The van der Waals surface area contributed by atoms with E-state index in [-0.39, 0.29) is 41.6 Å². The number of nitrogens with zero attached hydrogens (tertiary/aromatic N) is 3. The SMILES string of the molecule is C=CC(=O)N(CCC/C=C\[C@@H]1C[C@@H]1C(=O)NS(=O)(=O)C1CC1)C[C@H](NC(=O)OC(C)(C)C)C(=O)N1CCCC1C(N)=O.O=C(O)N1Cc2cccc(F)c2C1.[HH].[HH].[HH]. The number of nitrogens with one attached hydrogen (secondary N) is 2. The lowest BCUT2D eigenvalue weighted by molar-refractivity contribution is -0.140. The molecule has 1 aromatic rings. The number of fused-ring (bicyclic) bond motifs is 1. The van der Waals surface area contributed by atoms with Crippen molar-refractivity contribution in [3.05, 3.63) is 60.0 Å². The molecule has 2 saturated carbocycles. The summed E-state index contributed by atoms with van der Waals surface area (Å²) in [6.45, 7) is 9.41. The Hall–Kier alpha value is -5.00. The van der Waals surface area contributed by atoms with Gasteiger partial charge in [0.1, 0.15) is 23.5 Å². The van der Waals surface area contributed by atoms with Crippen molar-refractivity contribution in [2.24, 2.45) is 17.6 Å². The first-order chi connectivity index (χ1) is 25.8. The Kier molecular flexibility index (Phi) is 14.1. The fraction of sp³-hybridized carbons (Fsp3) is 0.568.